The van der Waals surface area contributed by atoms with Crippen molar-refractivity contribution >= 4 is 27.3 Å². The number of oxazole rings is 1. The number of ether oxygens (including phenoxy) is 2. The predicted molar refractivity (Wildman–Crippen MR) is 126 cm³/mol. The number of sulfone groups is 1. The van der Waals surface area contributed by atoms with E-state index in [1.165, 1.54) is 36.4 Å². The van der Waals surface area contributed by atoms with Gasteiger partial charge in [0.1, 0.15) is 18.8 Å². The summed E-state index contributed by atoms with van der Waals surface area (Å²) in [4.78, 5) is 28.4. The summed E-state index contributed by atoms with van der Waals surface area (Å²) in [5, 5.41) is 11.2. The molecule has 0 saturated carbocycles. The lowest BCUT2D eigenvalue weighted by Gasteiger charge is -2.30. The van der Waals surface area contributed by atoms with E-state index < -0.39 is 20.7 Å². The van der Waals surface area contributed by atoms with Gasteiger partial charge in [-0.1, -0.05) is 12.1 Å². The number of anilines is 1. The Morgan fingerprint density at radius 3 is 2.47 bits per heavy atom. The minimum Gasteiger partial charge on any atom is -0.486 e. The molecule has 0 atom stereocenters. The Kier molecular flexibility index (Phi) is 6.00. The topological polar surface area (TPSA) is 168 Å². The highest BCUT2D eigenvalue weighted by Crippen LogP contribution is 2.40. The van der Waals surface area contributed by atoms with E-state index in [-0.39, 0.29) is 51.2 Å². The molecule has 2 aliphatic heterocycles. The van der Waals surface area contributed by atoms with E-state index in [9.17, 15) is 23.3 Å². The van der Waals surface area contributed by atoms with Crippen molar-refractivity contribution in [3.8, 4) is 23.0 Å². The van der Waals surface area contributed by atoms with Crippen molar-refractivity contribution in [3.63, 3.8) is 0 Å². The maximum atomic E-state index is 13.8. The smallest absolute Gasteiger partial charge is 0.282 e. The number of carbonyl (C=O) groups excluding carboxylic acids is 1. The van der Waals surface area contributed by atoms with Crippen molar-refractivity contribution < 1.29 is 32.0 Å². The third-order valence-corrected chi connectivity index (χ3v) is 7.82. The second kappa shape index (κ2) is 9.15. The Morgan fingerprint density at radius 1 is 1.08 bits per heavy atom. The average Bonchev–Trinajstić information content (AvgIpc) is 3.35. The van der Waals surface area contributed by atoms with Gasteiger partial charge in [0, 0.05) is 31.1 Å². The first-order chi connectivity index (χ1) is 17.3. The molecule has 0 aliphatic carbocycles. The van der Waals surface area contributed by atoms with Gasteiger partial charge in [-0.25, -0.2) is 8.42 Å². The fraction of sp³-hybridized carbons (Fsp3) is 0.304. The van der Waals surface area contributed by atoms with Crippen molar-refractivity contribution in [3.05, 3.63) is 52.6 Å². The number of benzene rings is 2. The van der Waals surface area contributed by atoms with Crippen LogP contribution in [-0.4, -0.2) is 50.5 Å². The van der Waals surface area contributed by atoms with E-state index in [2.05, 4.69) is 4.98 Å². The third-order valence-electron chi connectivity index (χ3n) is 6.17. The first-order valence-electron chi connectivity index (χ1n) is 11.2. The number of nitrogens with zero attached hydrogens (tertiary/aromatic N) is 3. The van der Waals surface area contributed by atoms with E-state index in [0.29, 0.717) is 38.3 Å². The van der Waals surface area contributed by atoms with E-state index in [0.717, 1.165) is 0 Å². The molecule has 0 radical (unpaired) electrons. The van der Waals surface area contributed by atoms with Crippen molar-refractivity contribution in [2.45, 2.75) is 22.8 Å². The monoisotopic (exact) mass is 514 g/mol. The second-order valence-electron chi connectivity index (χ2n) is 8.38. The molecule has 3 heterocycles. The number of primary amides is 1. The van der Waals surface area contributed by atoms with Crippen molar-refractivity contribution in [2.24, 2.45) is 11.7 Å². The third kappa shape index (κ3) is 4.21. The van der Waals surface area contributed by atoms with E-state index in [1.54, 1.807) is 11.0 Å². The van der Waals surface area contributed by atoms with Gasteiger partial charge in [-0.2, -0.15) is 4.98 Å². The molecule has 12 nitrogen and oxygen atoms in total. The van der Waals surface area contributed by atoms with E-state index >= 15 is 0 Å². The van der Waals surface area contributed by atoms with Crippen LogP contribution in [0.25, 0.3) is 11.5 Å². The average molecular weight is 515 g/mol. The van der Waals surface area contributed by atoms with E-state index in [1.807, 2.05) is 0 Å². The Morgan fingerprint density at radius 2 is 1.78 bits per heavy atom. The van der Waals surface area contributed by atoms with Gasteiger partial charge in [-0.05, 0) is 31.0 Å². The number of amides is 1. The van der Waals surface area contributed by atoms with Crippen LogP contribution in [-0.2, 0) is 14.6 Å². The van der Waals surface area contributed by atoms with Crippen molar-refractivity contribution in [1.29, 1.82) is 0 Å². The summed E-state index contributed by atoms with van der Waals surface area (Å²) in [5.41, 5.74) is 5.20. The summed E-state index contributed by atoms with van der Waals surface area (Å²) in [5.74, 6) is -0.302. The Hall–Kier alpha value is -4.13. The van der Waals surface area contributed by atoms with Crippen LogP contribution in [0.15, 0.2) is 56.8 Å². The number of fused-ring (bicyclic) bond motifs is 1. The van der Waals surface area contributed by atoms with Crippen LogP contribution < -0.4 is 20.1 Å². The van der Waals surface area contributed by atoms with Crippen LogP contribution in [0.4, 0.5) is 11.6 Å². The summed E-state index contributed by atoms with van der Waals surface area (Å²) in [6.45, 7) is 1.22. The van der Waals surface area contributed by atoms with Gasteiger partial charge in [-0.15, -0.1) is 0 Å². The van der Waals surface area contributed by atoms with Gasteiger partial charge in [0.15, 0.2) is 11.5 Å². The number of nitro groups is 1. The molecule has 13 heteroatoms. The lowest BCUT2D eigenvalue weighted by atomic mass is 9.96. The molecule has 1 saturated heterocycles. The molecule has 2 N–H and O–H groups in total. The van der Waals surface area contributed by atoms with Crippen LogP contribution in [0.1, 0.15) is 12.8 Å². The van der Waals surface area contributed by atoms with Gasteiger partial charge >= 0.3 is 0 Å². The number of nitro benzene ring substituents is 1. The van der Waals surface area contributed by atoms with Crippen LogP contribution in [0.2, 0.25) is 0 Å². The zero-order valence-corrected chi connectivity index (χ0v) is 19.8. The Bertz CT molecular complexity index is 1440. The normalized spacial score (nSPS) is 16.1. The largest absolute Gasteiger partial charge is 0.486 e. The summed E-state index contributed by atoms with van der Waals surface area (Å²) in [7, 11) is -4.25. The molecule has 1 amide bonds. The van der Waals surface area contributed by atoms with Crippen molar-refractivity contribution in [2.75, 3.05) is 31.2 Å². The molecule has 3 aromatic rings. The molecule has 0 bridgehead atoms. The molecule has 0 spiro atoms. The van der Waals surface area contributed by atoms with Gasteiger partial charge in [0.2, 0.25) is 32.5 Å². The number of aromatic nitrogens is 1. The molecule has 2 aromatic carbocycles. The van der Waals surface area contributed by atoms with Crippen LogP contribution in [0, 0.1) is 16.0 Å². The molecule has 0 unspecified atom stereocenters. The molecule has 2 aliphatic rings. The molecule has 188 valence electrons. The molecule has 5 rings (SSSR count). The number of piperidine rings is 1. The number of para-hydroxylation sites is 1. The predicted octanol–water partition coefficient (Wildman–Crippen LogP) is 2.56. The fourth-order valence-electron chi connectivity index (χ4n) is 4.27. The van der Waals surface area contributed by atoms with E-state index in [4.69, 9.17) is 19.6 Å². The minimum absolute atomic E-state index is 0.0411. The summed E-state index contributed by atoms with van der Waals surface area (Å²) >= 11 is 0. The van der Waals surface area contributed by atoms with Crippen LogP contribution in [0.5, 0.6) is 11.5 Å². The first-order valence-corrected chi connectivity index (χ1v) is 12.7. The maximum absolute atomic E-state index is 13.8. The SMILES string of the molecule is NC(=O)C1CCN(c2oc(-c3ccccc3[N+](=O)[O-])nc2S(=O)(=O)c2ccc3c(c2)OCCO3)CC1. The maximum Gasteiger partial charge on any atom is 0.282 e. The van der Waals surface area contributed by atoms with Gasteiger partial charge in [0.25, 0.3) is 5.69 Å². The zero-order chi connectivity index (χ0) is 25.4. The highest BCUT2D eigenvalue weighted by Gasteiger charge is 2.35. The highest BCUT2D eigenvalue weighted by molar-refractivity contribution is 7.91. The number of hydrogen-bond donors (Lipinski definition) is 1. The van der Waals surface area contributed by atoms with Gasteiger partial charge in [-0.3, -0.25) is 14.9 Å². The second-order valence-corrected chi connectivity index (χ2v) is 10.2. The fourth-order valence-corrected chi connectivity index (χ4v) is 5.61. The number of hydrogen-bond acceptors (Lipinski definition) is 10. The lowest BCUT2D eigenvalue weighted by molar-refractivity contribution is -0.384. The molecular formula is C23H22N4O8S. The Balaban J connectivity index is 1.61. The molecular weight excluding hydrogens is 492 g/mol. The molecule has 1 fully saturated rings. The summed E-state index contributed by atoms with van der Waals surface area (Å²) in [6, 6.07) is 10.0. The zero-order valence-electron chi connectivity index (χ0n) is 19.0. The summed E-state index contributed by atoms with van der Waals surface area (Å²) < 4.78 is 44.4. The van der Waals surface area contributed by atoms with Crippen LogP contribution >= 0.6 is 0 Å². The van der Waals surface area contributed by atoms with Gasteiger partial charge in [0.05, 0.1) is 9.82 Å². The molecule has 1 aromatic heterocycles. The number of nitrogens with two attached hydrogens (primary N) is 1. The summed E-state index contributed by atoms with van der Waals surface area (Å²) in [6.07, 6.45) is 0.806. The van der Waals surface area contributed by atoms with Crippen molar-refractivity contribution in [1.82, 2.24) is 4.98 Å². The quantitative estimate of drug-likeness (QED) is 0.381. The highest BCUT2D eigenvalue weighted by atomic mass is 32.2. The standard InChI is InChI=1S/C23H22N4O8S/c24-20(28)14-7-9-26(10-8-14)23-22(25-21(35-23)16-3-1-2-4-17(16)27(29)30)36(31,32)15-5-6-18-19(13-15)34-12-11-33-18/h1-6,13-14H,7-12H2,(H2,24,28). The minimum atomic E-state index is -4.25. The van der Waals surface area contributed by atoms with Crippen LogP contribution in [0.3, 0.4) is 0 Å². The first kappa shape index (κ1) is 23.6. The molecule has 36 heavy (non-hydrogen) atoms. The lowest BCUT2D eigenvalue weighted by Crippen LogP contribution is -2.38. The number of carbonyl (C=O) groups is 1. The Labute approximate surface area is 205 Å². The number of rotatable bonds is 6. The van der Waals surface area contributed by atoms with Gasteiger partial charge < -0.3 is 24.5 Å².